The number of thiazole rings is 1. The molecular weight excluding hydrogens is 391 g/mol. The molecule has 2 aromatic carbocycles. The Balaban J connectivity index is 1.89. The van der Waals surface area contributed by atoms with Gasteiger partial charge in [0.05, 0.1) is 27.2 Å². The van der Waals surface area contributed by atoms with Crippen molar-refractivity contribution in [1.82, 2.24) is 4.98 Å². The number of halogens is 1. The van der Waals surface area contributed by atoms with Crippen LogP contribution in [0.3, 0.4) is 0 Å². The molecule has 1 aromatic heterocycles. The molecule has 0 aliphatic carbocycles. The number of aromatic nitrogens is 1. The molecular formula is C17H11FN4O5S. The number of carbonyl (C=O) groups excluding carboxylic acids is 1. The summed E-state index contributed by atoms with van der Waals surface area (Å²) in [6, 6.07) is 8.34. The van der Waals surface area contributed by atoms with Gasteiger partial charge in [-0.25, -0.2) is 9.37 Å². The highest BCUT2D eigenvalue weighted by Crippen LogP contribution is 2.31. The van der Waals surface area contributed by atoms with Crippen LogP contribution in [0.25, 0.3) is 11.3 Å². The zero-order valence-corrected chi connectivity index (χ0v) is 15.0. The fourth-order valence-corrected chi connectivity index (χ4v) is 3.26. The first-order valence-electron chi connectivity index (χ1n) is 7.73. The van der Waals surface area contributed by atoms with Crippen molar-refractivity contribution in [3.63, 3.8) is 0 Å². The molecule has 0 bridgehead atoms. The van der Waals surface area contributed by atoms with Gasteiger partial charge in [0.1, 0.15) is 5.82 Å². The number of nitro benzene ring substituents is 2. The van der Waals surface area contributed by atoms with Crippen LogP contribution in [-0.2, 0) is 0 Å². The van der Waals surface area contributed by atoms with E-state index in [1.807, 2.05) is 0 Å². The number of hydrogen-bond donors (Lipinski definition) is 1. The van der Waals surface area contributed by atoms with Crippen molar-refractivity contribution < 1.29 is 19.0 Å². The van der Waals surface area contributed by atoms with Crippen molar-refractivity contribution in [3.8, 4) is 11.3 Å². The molecule has 3 rings (SSSR count). The van der Waals surface area contributed by atoms with Crippen LogP contribution < -0.4 is 5.32 Å². The highest BCUT2D eigenvalue weighted by molar-refractivity contribution is 7.16. The van der Waals surface area contributed by atoms with Gasteiger partial charge < -0.3 is 0 Å². The Morgan fingerprint density at radius 2 is 1.64 bits per heavy atom. The summed E-state index contributed by atoms with van der Waals surface area (Å²) < 4.78 is 13.1. The van der Waals surface area contributed by atoms with E-state index in [4.69, 9.17) is 0 Å². The molecule has 1 heterocycles. The number of amides is 1. The highest BCUT2D eigenvalue weighted by Gasteiger charge is 2.21. The topological polar surface area (TPSA) is 128 Å². The molecule has 0 saturated carbocycles. The number of nitrogens with zero attached hydrogens (tertiary/aromatic N) is 3. The van der Waals surface area contributed by atoms with Crippen molar-refractivity contribution >= 4 is 33.8 Å². The SMILES string of the molecule is Cc1sc(NC(=O)c2cc([N+](=O)[O-])cc([N+](=O)[O-])c2)nc1-c1ccc(F)cc1. The van der Waals surface area contributed by atoms with Gasteiger partial charge in [-0.2, -0.15) is 0 Å². The summed E-state index contributed by atoms with van der Waals surface area (Å²) >= 11 is 1.15. The van der Waals surface area contributed by atoms with E-state index in [0.29, 0.717) is 11.3 Å². The number of nitrogens with one attached hydrogen (secondary N) is 1. The lowest BCUT2D eigenvalue weighted by atomic mass is 10.1. The molecule has 0 aliphatic rings. The lowest BCUT2D eigenvalue weighted by molar-refractivity contribution is -0.394. The smallest absolute Gasteiger partial charge is 0.277 e. The van der Waals surface area contributed by atoms with Crippen molar-refractivity contribution in [2.75, 3.05) is 5.32 Å². The second-order valence-electron chi connectivity index (χ2n) is 5.64. The van der Waals surface area contributed by atoms with Crippen LogP contribution in [0.15, 0.2) is 42.5 Å². The third-order valence-corrected chi connectivity index (χ3v) is 4.61. The van der Waals surface area contributed by atoms with E-state index >= 15 is 0 Å². The van der Waals surface area contributed by atoms with Crippen LogP contribution in [0.5, 0.6) is 0 Å². The average Bonchev–Trinajstić information content (AvgIpc) is 3.02. The van der Waals surface area contributed by atoms with Crippen molar-refractivity contribution in [3.05, 3.63) is 79.0 Å². The third kappa shape index (κ3) is 3.99. The monoisotopic (exact) mass is 402 g/mol. The van der Waals surface area contributed by atoms with Gasteiger partial charge in [-0.05, 0) is 31.2 Å². The quantitative estimate of drug-likeness (QED) is 0.500. The van der Waals surface area contributed by atoms with Gasteiger partial charge in [-0.1, -0.05) is 0 Å². The van der Waals surface area contributed by atoms with Gasteiger partial charge in [-0.15, -0.1) is 11.3 Å². The number of non-ortho nitro benzene ring substituents is 2. The van der Waals surface area contributed by atoms with Crippen LogP contribution in [0, 0.1) is 33.0 Å². The summed E-state index contributed by atoms with van der Waals surface area (Å²) in [7, 11) is 0. The molecule has 0 spiro atoms. The van der Waals surface area contributed by atoms with Crippen molar-refractivity contribution in [1.29, 1.82) is 0 Å². The first-order valence-corrected chi connectivity index (χ1v) is 8.55. The number of benzene rings is 2. The second-order valence-corrected chi connectivity index (χ2v) is 6.84. The van der Waals surface area contributed by atoms with Crippen LogP contribution in [-0.4, -0.2) is 20.7 Å². The van der Waals surface area contributed by atoms with E-state index in [9.17, 15) is 29.4 Å². The molecule has 1 N–H and O–H groups in total. The Hall–Kier alpha value is -3.73. The molecule has 0 aliphatic heterocycles. The maximum atomic E-state index is 13.1. The van der Waals surface area contributed by atoms with Gasteiger partial charge >= 0.3 is 0 Å². The summed E-state index contributed by atoms with van der Waals surface area (Å²) in [5.74, 6) is -1.16. The maximum Gasteiger partial charge on any atom is 0.277 e. The van der Waals surface area contributed by atoms with Crippen LogP contribution in [0.4, 0.5) is 20.9 Å². The van der Waals surface area contributed by atoms with Crippen LogP contribution in [0.1, 0.15) is 15.2 Å². The largest absolute Gasteiger partial charge is 0.298 e. The molecule has 11 heteroatoms. The van der Waals surface area contributed by atoms with Gasteiger partial charge in [0.2, 0.25) is 0 Å². The summed E-state index contributed by atoms with van der Waals surface area (Å²) in [6.07, 6.45) is 0. The first kappa shape index (κ1) is 19.0. The number of hydrogen-bond acceptors (Lipinski definition) is 7. The third-order valence-electron chi connectivity index (χ3n) is 3.72. The molecule has 28 heavy (non-hydrogen) atoms. The van der Waals surface area contributed by atoms with Gasteiger partial charge in [-0.3, -0.25) is 30.3 Å². The van der Waals surface area contributed by atoms with E-state index in [1.165, 1.54) is 12.1 Å². The van der Waals surface area contributed by atoms with Crippen molar-refractivity contribution in [2.45, 2.75) is 6.92 Å². The van der Waals surface area contributed by atoms with Gasteiger partial charge in [0, 0.05) is 22.6 Å². The lowest BCUT2D eigenvalue weighted by Crippen LogP contribution is -2.12. The number of aryl methyl sites for hydroxylation is 1. The minimum Gasteiger partial charge on any atom is -0.298 e. The van der Waals surface area contributed by atoms with Crippen molar-refractivity contribution in [2.24, 2.45) is 0 Å². The molecule has 0 unspecified atom stereocenters. The van der Waals surface area contributed by atoms with Crippen LogP contribution in [0.2, 0.25) is 0 Å². The molecule has 0 fully saturated rings. The predicted octanol–water partition coefficient (Wildman–Crippen LogP) is 4.33. The lowest BCUT2D eigenvalue weighted by Gasteiger charge is -2.02. The molecule has 0 saturated heterocycles. The Bertz CT molecular complexity index is 1070. The summed E-state index contributed by atoms with van der Waals surface area (Å²) in [6.45, 7) is 1.77. The number of nitro groups is 2. The fourth-order valence-electron chi connectivity index (χ4n) is 2.43. The number of carbonyl (C=O) groups is 1. The van der Waals surface area contributed by atoms with E-state index in [1.54, 1.807) is 19.1 Å². The maximum absolute atomic E-state index is 13.1. The molecule has 0 radical (unpaired) electrons. The Kier molecular flexibility index (Phi) is 5.09. The fraction of sp³-hybridized carbons (Fsp3) is 0.0588. The summed E-state index contributed by atoms with van der Waals surface area (Å²) in [5.41, 5.74) is -0.174. The molecule has 0 atom stereocenters. The highest BCUT2D eigenvalue weighted by atomic mass is 32.1. The van der Waals surface area contributed by atoms with E-state index in [0.717, 1.165) is 34.4 Å². The van der Waals surface area contributed by atoms with E-state index in [2.05, 4.69) is 10.3 Å². The van der Waals surface area contributed by atoms with E-state index in [-0.39, 0.29) is 10.7 Å². The zero-order chi connectivity index (χ0) is 20.4. The van der Waals surface area contributed by atoms with Gasteiger partial charge in [0.25, 0.3) is 17.3 Å². The van der Waals surface area contributed by atoms with Crippen LogP contribution >= 0.6 is 11.3 Å². The molecule has 9 nitrogen and oxygen atoms in total. The average molecular weight is 402 g/mol. The van der Waals surface area contributed by atoms with Gasteiger partial charge in [0.15, 0.2) is 5.13 Å². The predicted molar refractivity (Wildman–Crippen MR) is 99.9 cm³/mol. The Morgan fingerprint density at radius 3 is 2.18 bits per heavy atom. The molecule has 142 valence electrons. The minimum absolute atomic E-state index is 0.205. The molecule has 1 amide bonds. The number of rotatable bonds is 5. The first-order chi connectivity index (χ1) is 13.2. The Morgan fingerprint density at radius 1 is 1.07 bits per heavy atom. The van der Waals surface area contributed by atoms with E-state index < -0.39 is 32.9 Å². The Labute approximate surface area is 160 Å². The summed E-state index contributed by atoms with van der Waals surface area (Å²) in [5, 5.41) is 24.6. The normalized spacial score (nSPS) is 10.5. The summed E-state index contributed by atoms with van der Waals surface area (Å²) in [4.78, 5) is 37.7. The standard InChI is InChI=1S/C17H11FN4O5S/c1-9-15(10-2-4-12(18)5-3-10)19-17(28-9)20-16(23)11-6-13(21(24)25)8-14(7-11)22(26)27/h2-8H,1H3,(H,19,20,23). The zero-order valence-electron chi connectivity index (χ0n) is 14.2. The molecule has 3 aromatic rings. The number of anilines is 1. The minimum atomic E-state index is -0.816. The second kappa shape index (κ2) is 7.48.